The molecule has 0 radical (unpaired) electrons. The summed E-state index contributed by atoms with van der Waals surface area (Å²) in [4.78, 5) is 31.2. The SMILES string of the molecule is CC(C)C(C(=O)NNC(=O)c1cccc(N(C)C)c1)n1cnc2cc(F)c(F)cc21. The molecule has 0 bridgehead atoms. The number of hydrogen-bond acceptors (Lipinski definition) is 4. The summed E-state index contributed by atoms with van der Waals surface area (Å²) in [6.07, 6.45) is 1.36. The molecule has 0 saturated carbocycles. The largest absolute Gasteiger partial charge is 0.378 e. The van der Waals surface area contributed by atoms with E-state index in [2.05, 4.69) is 15.8 Å². The minimum absolute atomic E-state index is 0.218. The van der Waals surface area contributed by atoms with Crippen molar-refractivity contribution in [3.8, 4) is 0 Å². The van der Waals surface area contributed by atoms with Crippen molar-refractivity contribution >= 4 is 28.5 Å². The quantitative estimate of drug-likeness (QED) is 0.628. The summed E-state index contributed by atoms with van der Waals surface area (Å²) < 4.78 is 28.7. The highest BCUT2D eigenvalue weighted by molar-refractivity contribution is 5.96. The van der Waals surface area contributed by atoms with Crippen molar-refractivity contribution < 1.29 is 18.4 Å². The van der Waals surface area contributed by atoms with Crippen LogP contribution in [0.1, 0.15) is 30.2 Å². The van der Waals surface area contributed by atoms with Crippen LogP contribution < -0.4 is 15.8 Å². The molecule has 0 aliphatic rings. The second kappa shape index (κ2) is 8.48. The fourth-order valence-corrected chi connectivity index (χ4v) is 3.18. The number of rotatable bonds is 5. The molecule has 7 nitrogen and oxygen atoms in total. The number of amides is 2. The number of benzene rings is 2. The average Bonchev–Trinajstić information content (AvgIpc) is 3.08. The Bertz CT molecular complexity index is 1090. The number of hydrazine groups is 1. The van der Waals surface area contributed by atoms with E-state index in [1.807, 2.05) is 25.1 Å². The third-order valence-electron chi connectivity index (χ3n) is 4.74. The van der Waals surface area contributed by atoms with Crippen LogP contribution in [0.25, 0.3) is 11.0 Å². The number of nitrogens with zero attached hydrogens (tertiary/aromatic N) is 3. The number of imidazole rings is 1. The predicted octanol–water partition coefficient (Wildman–Crippen LogP) is 3.04. The van der Waals surface area contributed by atoms with E-state index in [0.717, 1.165) is 17.8 Å². The maximum absolute atomic E-state index is 13.7. The molecule has 0 saturated heterocycles. The van der Waals surface area contributed by atoms with Gasteiger partial charge in [-0.3, -0.25) is 20.4 Å². The first-order valence-electron chi connectivity index (χ1n) is 9.38. The minimum atomic E-state index is -1.03. The number of halogens is 2. The molecule has 9 heteroatoms. The summed E-state index contributed by atoms with van der Waals surface area (Å²) in [5.41, 5.74) is 6.57. The van der Waals surface area contributed by atoms with Gasteiger partial charge in [0.05, 0.1) is 17.4 Å². The Morgan fingerprint density at radius 2 is 1.77 bits per heavy atom. The van der Waals surface area contributed by atoms with Crippen molar-refractivity contribution in [3.05, 3.63) is 59.9 Å². The molecule has 2 amide bonds. The van der Waals surface area contributed by atoms with E-state index in [4.69, 9.17) is 0 Å². The molecule has 2 N–H and O–H groups in total. The molecule has 30 heavy (non-hydrogen) atoms. The monoisotopic (exact) mass is 415 g/mol. The lowest BCUT2D eigenvalue weighted by atomic mass is 10.0. The van der Waals surface area contributed by atoms with Gasteiger partial charge in [0.1, 0.15) is 6.04 Å². The summed E-state index contributed by atoms with van der Waals surface area (Å²) in [7, 11) is 3.71. The Kier molecular flexibility index (Phi) is 6.00. The van der Waals surface area contributed by atoms with Crippen LogP contribution in [0.4, 0.5) is 14.5 Å². The van der Waals surface area contributed by atoms with Crippen molar-refractivity contribution in [2.45, 2.75) is 19.9 Å². The highest BCUT2D eigenvalue weighted by Gasteiger charge is 2.26. The number of carbonyl (C=O) groups excluding carboxylic acids is 2. The van der Waals surface area contributed by atoms with Gasteiger partial charge in [-0.15, -0.1) is 0 Å². The van der Waals surface area contributed by atoms with Gasteiger partial charge in [-0.1, -0.05) is 19.9 Å². The van der Waals surface area contributed by atoms with Gasteiger partial charge in [-0.25, -0.2) is 13.8 Å². The first kappa shape index (κ1) is 21.2. The van der Waals surface area contributed by atoms with Crippen molar-refractivity contribution in [2.24, 2.45) is 5.92 Å². The Morgan fingerprint density at radius 1 is 1.07 bits per heavy atom. The highest BCUT2D eigenvalue weighted by Crippen LogP contribution is 2.25. The minimum Gasteiger partial charge on any atom is -0.378 e. The lowest BCUT2D eigenvalue weighted by Crippen LogP contribution is -2.46. The van der Waals surface area contributed by atoms with Crippen molar-refractivity contribution in [3.63, 3.8) is 0 Å². The molecule has 0 aliphatic heterocycles. The normalized spacial score (nSPS) is 12.1. The number of hydrogen-bond donors (Lipinski definition) is 2. The molecule has 1 atom stereocenters. The summed E-state index contributed by atoms with van der Waals surface area (Å²) >= 11 is 0. The maximum Gasteiger partial charge on any atom is 0.269 e. The van der Waals surface area contributed by atoms with Crippen molar-refractivity contribution in [1.29, 1.82) is 0 Å². The fourth-order valence-electron chi connectivity index (χ4n) is 3.18. The molecule has 1 aromatic heterocycles. The maximum atomic E-state index is 13.7. The average molecular weight is 415 g/mol. The Morgan fingerprint density at radius 3 is 2.43 bits per heavy atom. The Balaban J connectivity index is 1.79. The molecule has 3 rings (SSSR count). The molecule has 0 spiro atoms. The van der Waals surface area contributed by atoms with Crippen LogP contribution in [-0.4, -0.2) is 35.5 Å². The van der Waals surface area contributed by atoms with E-state index >= 15 is 0 Å². The standard InChI is InChI=1S/C21H23F2N5O2/c1-12(2)19(28-11-24-17-9-15(22)16(23)10-18(17)28)21(30)26-25-20(29)13-6-5-7-14(8-13)27(3)4/h5-12,19H,1-4H3,(H,25,29)(H,26,30). The van der Waals surface area contributed by atoms with Crippen LogP contribution in [0.3, 0.4) is 0 Å². The highest BCUT2D eigenvalue weighted by atomic mass is 19.2. The van der Waals surface area contributed by atoms with Crippen molar-refractivity contribution in [2.75, 3.05) is 19.0 Å². The van der Waals surface area contributed by atoms with Gasteiger partial charge >= 0.3 is 0 Å². The van der Waals surface area contributed by atoms with Gasteiger partial charge in [-0.2, -0.15) is 0 Å². The van der Waals surface area contributed by atoms with E-state index in [-0.39, 0.29) is 17.0 Å². The van der Waals surface area contributed by atoms with E-state index < -0.39 is 29.5 Å². The van der Waals surface area contributed by atoms with Gasteiger partial charge in [0.2, 0.25) is 0 Å². The zero-order chi connectivity index (χ0) is 22.0. The summed E-state index contributed by atoms with van der Waals surface area (Å²) in [6, 6.07) is 8.12. The van der Waals surface area contributed by atoms with E-state index in [1.54, 1.807) is 32.0 Å². The molecular weight excluding hydrogens is 392 g/mol. The molecule has 1 heterocycles. The first-order chi connectivity index (χ1) is 14.2. The Hall–Kier alpha value is -3.49. The molecule has 158 valence electrons. The third kappa shape index (κ3) is 4.24. The zero-order valence-corrected chi connectivity index (χ0v) is 17.1. The number of fused-ring (bicyclic) bond motifs is 1. The van der Waals surface area contributed by atoms with E-state index in [0.29, 0.717) is 5.56 Å². The number of anilines is 1. The van der Waals surface area contributed by atoms with Gasteiger partial charge in [-0.05, 0) is 24.1 Å². The molecule has 0 aliphatic carbocycles. The van der Waals surface area contributed by atoms with E-state index in [1.165, 1.54) is 10.9 Å². The molecule has 1 unspecified atom stereocenters. The number of nitrogens with one attached hydrogen (secondary N) is 2. The molecule has 2 aromatic carbocycles. The van der Waals surface area contributed by atoms with Crippen LogP contribution in [0.5, 0.6) is 0 Å². The number of carbonyl (C=O) groups is 2. The van der Waals surface area contributed by atoms with Gasteiger partial charge < -0.3 is 9.47 Å². The van der Waals surface area contributed by atoms with Crippen LogP contribution in [0, 0.1) is 17.6 Å². The van der Waals surface area contributed by atoms with Gasteiger partial charge in [0, 0.05) is 37.5 Å². The second-order valence-electron chi connectivity index (χ2n) is 7.48. The smallest absolute Gasteiger partial charge is 0.269 e. The topological polar surface area (TPSA) is 79.3 Å². The lowest BCUT2D eigenvalue weighted by molar-refractivity contribution is -0.126. The van der Waals surface area contributed by atoms with Crippen LogP contribution in [-0.2, 0) is 4.79 Å². The van der Waals surface area contributed by atoms with E-state index in [9.17, 15) is 18.4 Å². The third-order valence-corrected chi connectivity index (χ3v) is 4.74. The first-order valence-corrected chi connectivity index (χ1v) is 9.38. The van der Waals surface area contributed by atoms with Gasteiger partial charge in [0.15, 0.2) is 11.6 Å². The van der Waals surface area contributed by atoms with Crippen LogP contribution in [0.2, 0.25) is 0 Å². The number of aromatic nitrogens is 2. The molecule has 3 aromatic rings. The molecule has 0 fully saturated rings. The summed E-state index contributed by atoms with van der Waals surface area (Å²) in [6.45, 7) is 3.61. The second-order valence-corrected chi connectivity index (χ2v) is 7.48. The predicted molar refractivity (Wildman–Crippen MR) is 110 cm³/mol. The summed E-state index contributed by atoms with van der Waals surface area (Å²) in [5, 5.41) is 0. The van der Waals surface area contributed by atoms with Gasteiger partial charge in [0.25, 0.3) is 11.8 Å². The Labute approximate surface area is 172 Å². The fraction of sp³-hybridized carbons (Fsp3) is 0.286. The lowest BCUT2D eigenvalue weighted by Gasteiger charge is -2.22. The van der Waals surface area contributed by atoms with Crippen LogP contribution >= 0.6 is 0 Å². The summed E-state index contributed by atoms with van der Waals surface area (Å²) in [5.74, 6) is -3.24. The molecular formula is C21H23F2N5O2. The zero-order valence-electron chi connectivity index (χ0n) is 17.1. The van der Waals surface area contributed by atoms with Crippen LogP contribution in [0.15, 0.2) is 42.7 Å². The van der Waals surface area contributed by atoms with Crippen molar-refractivity contribution in [1.82, 2.24) is 20.4 Å².